The number of carbonyl (C=O) groups excluding carboxylic acids is 1. The summed E-state index contributed by atoms with van der Waals surface area (Å²) in [6.07, 6.45) is 4.46. The summed E-state index contributed by atoms with van der Waals surface area (Å²) in [5, 5.41) is 2.86. The van der Waals surface area contributed by atoms with Crippen molar-refractivity contribution in [3.05, 3.63) is 47.7 Å². The van der Waals surface area contributed by atoms with Gasteiger partial charge in [0.2, 0.25) is 0 Å². The fraction of sp³-hybridized carbons (Fsp3) is 0.412. The van der Waals surface area contributed by atoms with Gasteiger partial charge >= 0.3 is 0 Å². The van der Waals surface area contributed by atoms with Crippen molar-refractivity contribution in [1.82, 2.24) is 20.3 Å². The first-order valence-electron chi connectivity index (χ1n) is 7.72. The second-order valence-electron chi connectivity index (χ2n) is 5.81. The lowest BCUT2D eigenvalue weighted by atomic mass is 10.2. The number of aromatic nitrogens is 3. The summed E-state index contributed by atoms with van der Waals surface area (Å²) in [6.45, 7) is 6.44. The fourth-order valence-electron chi connectivity index (χ4n) is 2.16. The quantitative estimate of drug-likeness (QED) is 0.883. The van der Waals surface area contributed by atoms with Gasteiger partial charge in [0, 0.05) is 38.1 Å². The molecule has 23 heavy (non-hydrogen) atoms. The molecule has 0 fully saturated rings. The summed E-state index contributed by atoms with van der Waals surface area (Å²) in [5.74, 6) is 1.17. The molecule has 122 valence electrons. The predicted molar refractivity (Wildman–Crippen MR) is 90.6 cm³/mol. The molecule has 2 aromatic heterocycles. The predicted octanol–water partition coefficient (Wildman–Crippen LogP) is 2.00. The first kappa shape index (κ1) is 16.9. The SMILES string of the molecule is Cc1nc(C(=O)NC(C)C)cc(N(C)CCc2ccncc2)n1. The van der Waals surface area contributed by atoms with Crippen LogP contribution in [0.4, 0.5) is 5.82 Å². The molecule has 6 heteroatoms. The van der Waals surface area contributed by atoms with Crippen molar-refractivity contribution in [2.75, 3.05) is 18.5 Å². The molecule has 0 unspecified atom stereocenters. The second kappa shape index (κ2) is 7.67. The van der Waals surface area contributed by atoms with Gasteiger partial charge in [-0.15, -0.1) is 0 Å². The van der Waals surface area contributed by atoms with E-state index in [1.165, 1.54) is 5.56 Å². The zero-order valence-corrected chi connectivity index (χ0v) is 14.1. The van der Waals surface area contributed by atoms with Crippen molar-refractivity contribution >= 4 is 11.7 Å². The number of nitrogens with one attached hydrogen (secondary N) is 1. The molecule has 2 heterocycles. The van der Waals surface area contributed by atoms with E-state index in [0.29, 0.717) is 11.5 Å². The number of anilines is 1. The van der Waals surface area contributed by atoms with Crippen LogP contribution >= 0.6 is 0 Å². The van der Waals surface area contributed by atoms with Crippen LogP contribution in [0.25, 0.3) is 0 Å². The minimum Gasteiger partial charge on any atom is -0.359 e. The summed E-state index contributed by atoms with van der Waals surface area (Å²) < 4.78 is 0. The molecule has 0 aliphatic rings. The van der Waals surface area contributed by atoms with Crippen molar-refractivity contribution in [2.45, 2.75) is 33.2 Å². The van der Waals surface area contributed by atoms with Crippen LogP contribution in [0.5, 0.6) is 0 Å². The highest BCUT2D eigenvalue weighted by atomic mass is 16.1. The van der Waals surface area contributed by atoms with Crippen LogP contribution in [-0.4, -0.2) is 40.5 Å². The highest BCUT2D eigenvalue weighted by molar-refractivity contribution is 5.93. The average molecular weight is 313 g/mol. The van der Waals surface area contributed by atoms with E-state index < -0.39 is 0 Å². The number of pyridine rings is 1. The molecular formula is C17H23N5O. The Kier molecular flexibility index (Phi) is 5.62. The van der Waals surface area contributed by atoms with E-state index in [0.717, 1.165) is 18.8 Å². The van der Waals surface area contributed by atoms with Crippen LogP contribution in [0, 0.1) is 6.92 Å². The maximum absolute atomic E-state index is 12.1. The largest absolute Gasteiger partial charge is 0.359 e. The van der Waals surface area contributed by atoms with Gasteiger partial charge < -0.3 is 10.2 Å². The Morgan fingerprint density at radius 3 is 2.61 bits per heavy atom. The number of aryl methyl sites for hydroxylation is 1. The number of hydrogen-bond acceptors (Lipinski definition) is 5. The first-order chi connectivity index (χ1) is 11.0. The van der Waals surface area contributed by atoms with Crippen LogP contribution in [0.3, 0.4) is 0 Å². The molecule has 6 nitrogen and oxygen atoms in total. The molecule has 1 amide bonds. The Balaban J connectivity index is 2.09. The van der Waals surface area contributed by atoms with Crippen LogP contribution in [0.1, 0.15) is 35.7 Å². The standard InChI is InChI=1S/C17H23N5O/c1-12(2)19-17(23)15-11-16(21-13(3)20-15)22(4)10-7-14-5-8-18-9-6-14/h5-6,8-9,11-12H,7,10H2,1-4H3,(H,19,23). The van der Waals surface area contributed by atoms with Gasteiger partial charge in [-0.3, -0.25) is 9.78 Å². The van der Waals surface area contributed by atoms with Gasteiger partial charge in [-0.25, -0.2) is 9.97 Å². The molecule has 0 radical (unpaired) electrons. The highest BCUT2D eigenvalue weighted by Crippen LogP contribution is 2.12. The minimum atomic E-state index is -0.172. The molecule has 0 aliphatic carbocycles. The molecule has 0 bridgehead atoms. The summed E-state index contributed by atoms with van der Waals surface area (Å²) >= 11 is 0. The van der Waals surface area contributed by atoms with Gasteiger partial charge in [-0.05, 0) is 44.9 Å². The van der Waals surface area contributed by atoms with Crippen LogP contribution in [0.15, 0.2) is 30.6 Å². The number of likely N-dealkylation sites (N-methyl/N-ethyl adjacent to an activating group) is 1. The molecule has 0 aliphatic heterocycles. The molecule has 1 N–H and O–H groups in total. The number of rotatable bonds is 6. The number of hydrogen-bond donors (Lipinski definition) is 1. The van der Waals surface area contributed by atoms with E-state index >= 15 is 0 Å². The van der Waals surface area contributed by atoms with Crippen LogP contribution in [0.2, 0.25) is 0 Å². The maximum Gasteiger partial charge on any atom is 0.270 e. The number of amides is 1. The zero-order chi connectivity index (χ0) is 16.8. The summed E-state index contributed by atoms with van der Waals surface area (Å²) in [6, 6.07) is 5.81. The molecule has 0 saturated heterocycles. The van der Waals surface area contributed by atoms with Crippen molar-refractivity contribution in [2.24, 2.45) is 0 Å². The van der Waals surface area contributed by atoms with Gasteiger partial charge in [-0.2, -0.15) is 0 Å². The topological polar surface area (TPSA) is 71.0 Å². The number of carbonyl (C=O) groups is 1. The van der Waals surface area contributed by atoms with E-state index in [2.05, 4.69) is 20.3 Å². The van der Waals surface area contributed by atoms with Crippen molar-refractivity contribution in [3.63, 3.8) is 0 Å². The molecule has 0 atom stereocenters. The van der Waals surface area contributed by atoms with Crippen LogP contribution in [-0.2, 0) is 6.42 Å². The Morgan fingerprint density at radius 1 is 1.26 bits per heavy atom. The Labute approximate surface area is 137 Å². The van der Waals surface area contributed by atoms with Crippen molar-refractivity contribution in [3.8, 4) is 0 Å². The smallest absolute Gasteiger partial charge is 0.270 e. The zero-order valence-electron chi connectivity index (χ0n) is 14.1. The van der Waals surface area contributed by atoms with Gasteiger partial charge in [-0.1, -0.05) is 0 Å². The first-order valence-corrected chi connectivity index (χ1v) is 7.72. The summed E-state index contributed by atoms with van der Waals surface area (Å²) in [5.41, 5.74) is 1.62. The summed E-state index contributed by atoms with van der Waals surface area (Å²) in [4.78, 5) is 26.8. The van der Waals surface area contributed by atoms with E-state index in [-0.39, 0.29) is 11.9 Å². The molecule has 0 spiro atoms. The van der Waals surface area contributed by atoms with E-state index in [4.69, 9.17) is 0 Å². The molecule has 0 aromatic carbocycles. The van der Waals surface area contributed by atoms with E-state index in [1.54, 1.807) is 25.4 Å². The monoisotopic (exact) mass is 313 g/mol. The third-order valence-electron chi connectivity index (χ3n) is 3.35. The maximum atomic E-state index is 12.1. The minimum absolute atomic E-state index is 0.0747. The van der Waals surface area contributed by atoms with Crippen molar-refractivity contribution in [1.29, 1.82) is 0 Å². The van der Waals surface area contributed by atoms with Crippen LogP contribution < -0.4 is 10.2 Å². The lowest BCUT2D eigenvalue weighted by Crippen LogP contribution is -2.31. The molecule has 0 saturated carbocycles. The molecular weight excluding hydrogens is 290 g/mol. The van der Waals surface area contributed by atoms with E-state index in [9.17, 15) is 4.79 Å². The molecule has 2 aromatic rings. The van der Waals surface area contributed by atoms with Crippen molar-refractivity contribution < 1.29 is 4.79 Å². The lowest BCUT2D eigenvalue weighted by molar-refractivity contribution is 0.0937. The Hall–Kier alpha value is -2.50. The fourth-order valence-corrected chi connectivity index (χ4v) is 2.16. The van der Waals surface area contributed by atoms with Gasteiger partial charge in [0.25, 0.3) is 5.91 Å². The molecule has 2 rings (SSSR count). The Morgan fingerprint density at radius 2 is 1.96 bits per heavy atom. The van der Waals surface area contributed by atoms with Gasteiger partial charge in [0.05, 0.1) is 0 Å². The second-order valence-corrected chi connectivity index (χ2v) is 5.81. The highest BCUT2D eigenvalue weighted by Gasteiger charge is 2.13. The third kappa shape index (κ3) is 5.02. The van der Waals surface area contributed by atoms with Gasteiger partial charge in [0.1, 0.15) is 17.3 Å². The summed E-state index contributed by atoms with van der Waals surface area (Å²) in [7, 11) is 1.97. The number of nitrogens with zero attached hydrogens (tertiary/aromatic N) is 4. The lowest BCUT2D eigenvalue weighted by Gasteiger charge is -2.19. The normalized spacial score (nSPS) is 10.7. The third-order valence-corrected chi connectivity index (χ3v) is 3.35. The van der Waals surface area contributed by atoms with E-state index in [1.807, 2.05) is 37.9 Å². The van der Waals surface area contributed by atoms with Gasteiger partial charge in [0.15, 0.2) is 0 Å². The Bertz CT molecular complexity index is 657. The average Bonchev–Trinajstić information content (AvgIpc) is 2.52.